The van der Waals surface area contributed by atoms with Crippen molar-refractivity contribution >= 4 is 0 Å². The fourth-order valence-corrected chi connectivity index (χ4v) is 1.20. The number of aliphatic hydroxyl groups excluding tert-OH is 2. The van der Waals surface area contributed by atoms with Gasteiger partial charge in [0.05, 0.1) is 24.3 Å². The van der Waals surface area contributed by atoms with Gasteiger partial charge in [0.1, 0.15) is 0 Å². The first-order valence-corrected chi connectivity index (χ1v) is 3.65. The third-order valence-corrected chi connectivity index (χ3v) is 2.02. The predicted molar refractivity (Wildman–Crippen MR) is 38.7 cm³/mol. The standard InChI is InChI=1S/C7H12N2O2/c1-5(2-8)9-3-6(10)7(11)4-9/h5-7,10-11H,3-4H2,1H3/t5?,6-,7+. The molecule has 1 aliphatic rings. The lowest BCUT2D eigenvalue weighted by Crippen LogP contribution is -2.30. The Hall–Kier alpha value is -0.630. The van der Waals surface area contributed by atoms with Crippen LogP contribution in [0.3, 0.4) is 0 Å². The van der Waals surface area contributed by atoms with Crippen LogP contribution in [0, 0.1) is 11.3 Å². The van der Waals surface area contributed by atoms with E-state index in [1.165, 1.54) is 0 Å². The number of β-amino-alcohol motifs (C(OH)–C–C–N with tert-alkyl or cyclic N) is 2. The SMILES string of the molecule is CC(C#N)N1C[C@@H](O)[C@@H](O)C1. The summed E-state index contributed by atoms with van der Waals surface area (Å²) in [5.74, 6) is 0. The van der Waals surface area contributed by atoms with Crippen LogP contribution in [0.15, 0.2) is 0 Å². The van der Waals surface area contributed by atoms with Crippen LogP contribution in [-0.4, -0.2) is 46.5 Å². The van der Waals surface area contributed by atoms with E-state index in [0.29, 0.717) is 13.1 Å². The second kappa shape index (κ2) is 3.18. The van der Waals surface area contributed by atoms with E-state index in [1.54, 1.807) is 11.8 Å². The zero-order valence-corrected chi connectivity index (χ0v) is 6.44. The Bertz CT molecular complexity index is 168. The fraction of sp³-hybridized carbons (Fsp3) is 0.857. The minimum absolute atomic E-state index is 0.221. The molecule has 1 unspecified atom stereocenters. The highest BCUT2D eigenvalue weighted by atomic mass is 16.3. The molecule has 0 aromatic heterocycles. The topological polar surface area (TPSA) is 67.5 Å². The molecule has 0 radical (unpaired) electrons. The smallest absolute Gasteiger partial charge is 0.0951 e. The Labute approximate surface area is 65.7 Å². The number of rotatable bonds is 1. The Morgan fingerprint density at radius 2 is 1.91 bits per heavy atom. The summed E-state index contributed by atoms with van der Waals surface area (Å²) in [6, 6.07) is 1.83. The number of likely N-dealkylation sites (tertiary alicyclic amines) is 1. The Kier molecular flexibility index (Phi) is 2.45. The van der Waals surface area contributed by atoms with Gasteiger partial charge in [-0.15, -0.1) is 0 Å². The molecule has 4 nitrogen and oxygen atoms in total. The average Bonchev–Trinajstić information content (AvgIpc) is 2.31. The van der Waals surface area contributed by atoms with Crippen LogP contribution >= 0.6 is 0 Å². The monoisotopic (exact) mass is 156 g/mol. The van der Waals surface area contributed by atoms with Gasteiger partial charge in [-0.25, -0.2) is 0 Å². The van der Waals surface area contributed by atoms with E-state index in [-0.39, 0.29) is 6.04 Å². The van der Waals surface area contributed by atoms with Crippen molar-refractivity contribution in [2.75, 3.05) is 13.1 Å². The molecule has 1 heterocycles. The second-order valence-corrected chi connectivity index (χ2v) is 2.89. The van der Waals surface area contributed by atoms with E-state index >= 15 is 0 Å². The van der Waals surface area contributed by atoms with E-state index in [4.69, 9.17) is 15.5 Å². The molecule has 0 aliphatic carbocycles. The van der Waals surface area contributed by atoms with Crippen molar-refractivity contribution in [3.05, 3.63) is 0 Å². The zero-order valence-electron chi connectivity index (χ0n) is 6.44. The largest absolute Gasteiger partial charge is 0.389 e. The highest BCUT2D eigenvalue weighted by Crippen LogP contribution is 2.12. The van der Waals surface area contributed by atoms with Gasteiger partial charge in [-0.1, -0.05) is 0 Å². The summed E-state index contributed by atoms with van der Waals surface area (Å²) in [6.07, 6.45) is -1.38. The summed E-state index contributed by atoms with van der Waals surface area (Å²) in [4.78, 5) is 1.76. The summed E-state index contributed by atoms with van der Waals surface area (Å²) in [5.41, 5.74) is 0. The third-order valence-electron chi connectivity index (χ3n) is 2.02. The molecule has 4 heteroatoms. The lowest BCUT2D eigenvalue weighted by atomic mass is 10.3. The van der Waals surface area contributed by atoms with Crippen molar-refractivity contribution in [1.82, 2.24) is 4.90 Å². The van der Waals surface area contributed by atoms with E-state index < -0.39 is 12.2 Å². The van der Waals surface area contributed by atoms with Gasteiger partial charge >= 0.3 is 0 Å². The maximum absolute atomic E-state index is 9.11. The lowest BCUT2D eigenvalue weighted by molar-refractivity contribution is 0.0572. The zero-order chi connectivity index (χ0) is 8.43. The molecule has 1 fully saturated rings. The fourth-order valence-electron chi connectivity index (χ4n) is 1.20. The van der Waals surface area contributed by atoms with Gasteiger partial charge in [0.25, 0.3) is 0 Å². The summed E-state index contributed by atoms with van der Waals surface area (Å²) in [5, 5.41) is 26.7. The lowest BCUT2D eigenvalue weighted by Gasteiger charge is -2.16. The van der Waals surface area contributed by atoms with Gasteiger partial charge in [-0.2, -0.15) is 5.26 Å². The van der Waals surface area contributed by atoms with Crippen molar-refractivity contribution in [2.24, 2.45) is 0 Å². The van der Waals surface area contributed by atoms with Crippen LogP contribution in [-0.2, 0) is 0 Å². The summed E-state index contributed by atoms with van der Waals surface area (Å²) in [7, 11) is 0. The first-order chi connectivity index (χ1) is 5.15. The third kappa shape index (κ3) is 1.69. The molecule has 0 aromatic carbocycles. The Morgan fingerprint density at radius 1 is 1.45 bits per heavy atom. The van der Waals surface area contributed by atoms with Crippen LogP contribution in [0.4, 0.5) is 0 Å². The molecule has 0 aromatic rings. The molecule has 2 N–H and O–H groups in total. The summed E-state index contributed by atoms with van der Waals surface area (Å²) < 4.78 is 0. The molecule has 0 amide bonds. The molecule has 3 atom stereocenters. The summed E-state index contributed by atoms with van der Waals surface area (Å²) >= 11 is 0. The normalized spacial score (nSPS) is 35.1. The number of hydrogen-bond acceptors (Lipinski definition) is 4. The molecule has 62 valence electrons. The second-order valence-electron chi connectivity index (χ2n) is 2.89. The van der Waals surface area contributed by atoms with Gasteiger partial charge in [0, 0.05) is 13.1 Å². The molecule has 11 heavy (non-hydrogen) atoms. The molecule has 0 spiro atoms. The van der Waals surface area contributed by atoms with Crippen LogP contribution in [0.1, 0.15) is 6.92 Å². The first kappa shape index (κ1) is 8.47. The van der Waals surface area contributed by atoms with Gasteiger partial charge in [-0.3, -0.25) is 4.90 Å². The quantitative estimate of drug-likeness (QED) is 0.507. The molecular weight excluding hydrogens is 144 g/mol. The van der Waals surface area contributed by atoms with E-state index in [9.17, 15) is 0 Å². The molecule has 1 rings (SSSR count). The van der Waals surface area contributed by atoms with Gasteiger partial charge < -0.3 is 10.2 Å². The highest BCUT2D eigenvalue weighted by Gasteiger charge is 2.31. The molecule has 1 saturated heterocycles. The molecule has 0 saturated carbocycles. The van der Waals surface area contributed by atoms with Crippen molar-refractivity contribution < 1.29 is 10.2 Å². The van der Waals surface area contributed by atoms with E-state index in [1.807, 2.05) is 0 Å². The van der Waals surface area contributed by atoms with Gasteiger partial charge in [0.15, 0.2) is 0 Å². The maximum Gasteiger partial charge on any atom is 0.0951 e. The van der Waals surface area contributed by atoms with Crippen LogP contribution in [0.2, 0.25) is 0 Å². The van der Waals surface area contributed by atoms with Crippen molar-refractivity contribution in [2.45, 2.75) is 25.2 Å². The van der Waals surface area contributed by atoms with Gasteiger partial charge in [-0.05, 0) is 6.92 Å². The van der Waals surface area contributed by atoms with Crippen molar-refractivity contribution in [1.29, 1.82) is 5.26 Å². The molecule has 1 aliphatic heterocycles. The van der Waals surface area contributed by atoms with E-state index in [2.05, 4.69) is 6.07 Å². The first-order valence-electron chi connectivity index (χ1n) is 3.65. The highest BCUT2D eigenvalue weighted by molar-refractivity contribution is 4.94. The minimum atomic E-state index is -0.689. The predicted octanol–water partition coefficient (Wildman–Crippen LogP) is -1.06. The molecular formula is C7H12N2O2. The van der Waals surface area contributed by atoms with Gasteiger partial charge in [0.2, 0.25) is 0 Å². The van der Waals surface area contributed by atoms with Crippen molar-refractivity contribution in [3.63, 3.8) is 0 Å². The maximum atomic E-state index is 9.11. The Morgan fingerprint density at radius 3 is 2.27 bits per heavy atom. The molecule has 0 bridgehead atoms. The van der Waals surface area contributed by atoms with Crippen LogP contribution in [0.5, 0.6) is 0 Å². The van der Waals surface area contributed by atoms with Crippen LogP contribution in [0.25, 0.3) is 0 Å². The summed E-state index contributed by atoms with van der Waals surface area (Å²) in [6.45, 7) is 2.55. The average molecular weight is 156 g/mol. The minimum Gasteiger partial charge on any atom is -0.389 e. The number of nitrogens with zero attached hydrogens (tertiary/aromatic N) is 2. The number of aliphatic hydroxyl groups is 2. The number of nitriles is 1. The van der Waals surface area contributed by atoms with E-state index in [0.717, 1.165) is 0 Å². The Balaban J connectivity index is 2.48. The van der Waals surface area contributed by atoms with Crippen molar-refractivity contribution in [3.8, 4) is 6.07 Å². The number of hydrogen-bond donors (Lipinski definition) is 2. The van der Waals surface area contributed by atoms with Crippen LogP contribution < -0.4 is 0 Å².